The number of rotatable bonds is 12. The molecule has 0 fully saturated rings. The molecule has 3 aromatic carbocycles. The maximum Gasteiger partial charge on any atom is 0.244 e. The Bertz CT molecular complexity index is 1290. The standard InChI is InChI=1S/C28H32ClN3O4S/c1-3-17-30-28(34)26(18-22-11-6-4-7-12-22)31(20-23-13-8-5-9-14-23)27(33)21-32(37(2,35)36)25-16-10-15-24(29)19-25/h4-16,19,26H,3,17-18,20-21H2,1-2H3,(H,30,34). The summed E-state index contributed by atoms with van der Waals surface area (Å²) in [5.74, 6) is -0.787. The van der Waals surface area contributed by atoms with Gasteiger partial charge in [-0.15, -0.1) is 0 Å². The molecule has 1 unspecified atom stereocenters. The fraction of sp³-hybridized carbons (Fsp3) is 0.286. The first-order valence-corrected chi connectivity index (χ1v) is 14.3. The summed E-state index contributed by atoms with van der Waals surface area (Å²) in [4.78, 5) is 28.7. The van der Waals surface area contributed by atoms with E-state index in [2.05, 4.69) is 5.32 Å². The molecule has 37 heavy (non-hydrogen) atoms. The second kappa shape index (κ2) is 13.3. The number of benzene rings is 3. The lowest BCUT2D eigenvalue weighted by atomic mass is 10.0. The van der Waals surface area contributed by atoms with Gasteiger partial charge in [-0.3, -0.25) is 13.9 Å². The number of anilines is 1. The van der Waals surface area contributed by atoms with Gasteiger partial charge in [0, 0.05) is 24.5 Å². The van der Waals surface area contributed by atoms with Crippen LogP contribution in [0.15, 0.2) is 84.9 Å². The summed E-state index contributed by atoms with van der Waals surface area (Å²) in [5.41, 5.74) is 1.99. The zero-order valence-corrected chi connectivity index (χ0v) is 22.6. The van der Waals surface area contributed by atoms with E-state index < -0.39 is 28.5 Å². The van der Waals surface area contributed by atoms with Crippen LogP contribution in [0.3, 0.4) is 0 Å². The summed E-state index contributed by atoms with van der Waals surface area (Å²) >= 11 is 6.11. The first-order chi connectivity index (χ1) is 17.7. The van der Waals surface area contributed by atoms with E-state index in [1.165, 1.54) is 11.0 Å². The molecule has 2 amide bonds. The van der Waals surface area contributed by atoms with Gasteiger partial charge >= 0.3 is 0 Å². The van der Waals surface area contributed by atoms with Gasteiger partial charge in [0.2, 0.25) is 21.8 Å². The molecule has 3 rings (SSSR count). The topological polar surface area (TPSA) is 86.8 Å². The molecule has 0 aliphatic carbocycles. The minimum atomic E-state index is -3.83. The number of hydrogen-bond donors (Lipinski definition) is 1. The van der Waals surface area contributed by atoms with E-state index in [0.29, 0.717) is 11.6 Å². The molecule has 0 spiro atoms. The highest BCUT2D eigenvalue weighted by atomic mass is 35.5. The van der Waals surface area contributed by atoms with Crippen LogP contribution in [-0.2, 0) is 32.6 Å². The number of nitrogens with one attached hydrogen (secondary N) is 1. The van der Waals surface area contributed by atoms with E-state index in [1.807, 2.05) is 67.6 Å². The first-order valence-electron chi connectivity index (χ1n) is 12.1. The Labute approximate surface area is 224 Å². The van der Waals surface area contributed by atoms with Crippen molar-refractivity contribution in [1.29, 1.82) is 0 Å². The zero-order valence-electron chi connectivity index (χ0n) is 21.0. The monoisotopic (exact) mass is 541 g/mol. The van der Waals surface area contributed by atoms with Crippen molar-refractivity contribution < 1.29 is 18.0 Å². The number of sulfonamides is 1. The lowest BCUT2D eigenvalue weighted by Gasteiger charge is -2.33. The Kier molecular flexibility index (Phi) is 10.1. The van der Waals surface area contributed by atoms with E-state index in [9.17, 15) is 18.0 Å². The van der Waals surface area contributed by atoms with Gasteiger partial charge in [0.15, 0.2) is 0 Å². The average molecular weight is 542 g/mol. The molecule has 196 valence electrons. The second-order valence-corrected chi connectivity index (χ2v) is 11.1. The van der Waals surface area contributed by atoms with Crippen LogP contribution in [-0.4, -0.2) is 50.5 Å². The molecule has 1 atom stereocenters. The molecular formula is C28H32ClN3O4S. The number of carbonyl (C=O) groups excluding carboxylic acids is 2. The molecule has 9 heteroatoms. The summed E-state index contributed by atoms with van der Waals surface area (Å²) in [5, 5.41) is 3.26. The second-order valence-electron chi connectivity index (χ2n) is 8.75. The molecular weight excluding hydrogens is 510 g/mol. The number of amides is 2. The smallest absolute Gasteiger partial charge is 0.244 e. The van der Waals surface area contributed by atoms with Gasteiger partial charge < -0.3 is 10.2 Å². The highest BCUT2D eigenvalue weighted by Crippen LogP contribution is 2.23. The Morgan fingerprint density at radius 1 is 0.919 bits per heavy atom. The minimum absolute atomic E-state index is 0.143. The number of nitrogens with zero attached hydrogens (tertiary/aromatic N) is 2. The Morgan fingerprint density at radius 3 is 2.11 bits per heavy atom. The third kappa shape index (κ3) is 8.33. The van der Waals surface area contributed by atoms with E-state index in [1.54, 1.807) is 18.2 Å². The highest BCUT2D eigenvalue weighted by molar-refractivity contribution is 7.92. The lowest BCUT2D eigenvalue weighted by Crippen LogP contribution is -2.53. The van der Waals surface area contributed by atoms with Crippen molar-refractivity contribution in [3.8, 4) is 0 Å². The van der Waals surface area contributed by atoms with Crippen LogP contribution < -0.4 is 9.62 Å². The average Bonchev–Trinajstić information content (AvgIpc) is 2.88. The number of carbonyl (C=O) groups is 2. The summed E-state index contributed by atoms with van der Waals surface area (Å²) in [6.45, 7) is 2.09. The van der Waals surface area contributed by atoms with Crippen molar-refractivity contribution in [2.45, 2.75) is 32.4 Å². The molecule has 0 saturated heterocycles. The SMILES string of the molecule is CCCNC(=O)C(Cc1ccccc1)N(Cc1ccccc1)C(=O)CN(c1cccc(Cl)c1)S(C)(=O)=O. The molecule has 0 bridgehead atoms. The molecule has 0 aromatic heterocycles. The van der Waals surface area contributed by atoms with E-state index in [4.69, 9.17) is 11.6 Å². The number of halogens is 1. The van der Waals surface area contributed by atoms with Gasteiger partial charge in [0.05, 0.1) is 11.9 Å². The van der Waals surface area contributed by atoms with Gasteiger partial charge in [0.1, 0.15) is 12.6 Å². The van der Waals surface area contributed by atoms with Crippen molar-refractivity contribution in [3.63, 3.8) is 0 Å². The summed E-state index contributed by atoms with van der Waals surface area (Å²) < 4.78 is 26.5. The van der Waals surface area contributed by atoms with Crippen LogP contribution in [0, 0.1) is 0 Å². The molecule has 3 aromatic rings. The molecule has 0 heterocycles. The fourth-order valence-corrected chi connectivity index (χ4v) is 4.97. The Balaban J connectivity index is 2.02. The zero-order chi connectivity index (χ0) is 26.8. The van der Waals surface area contributed by atoms with Gasteiger partial charge in [0.25, 0.3) is 0 Å². The molecule has 0 aliphatic heterocycles. The van der Waals surface area contributed by atoms with Crippen LogP contribution in [0.1, 0.15) is 24.5 Å². The maximum absolute atomic E-state index is 13.9. The third-order valence-corrected chi connectivity index (χ3v) is 7.17. The van der Waals surface area contributed by atoms with E-state index in [-0.39, 0.29) is 24.6 Å². The normalized spacial score (nSPS) is 12.0. The fourth-order valence-electron chi connectivity index (χ4n) is 3.95. The Morgan fingerprint density at radius 2 is 1.54 bits per heavy atom. The first kappa shape index (κ1) is 28.2. The van der Waals surface area contributed by atoms with Crippen LogP contribution in [0.5, 0.6) is 0 Å². The van der Waals surface area contributed by atoms with Crippen LogP contribution in [0.4, 0.5) is 5.69 Å². The predicted octanol–water partition coefficient (Wildman–Crippen LogP) is 4.27. The number of hydrogen-bond acceptors (Lipinski definition) is 4. The van der Waals surface area contributed by atoms with E-state index in [0.717, 1.165) is 28.1 Å². The summed E-state index contributed by atoms with van der Waals surface area (Å²) in [6.07, 6.45) is 2.07. The van der Waals surface area contributed by atoms with Gasteiger partial charge in [-0.2, -0.15) is 0 Å². The Hall–Kier alpha value is -3.36. The predicted molar refractivity (Wildman–Crippen MR) is 148 cm³/mol. The molecule has 7 nitrogen and oxygen atoms in total. The van der Waals surface area contributed by atoms with Crippen molar-refractivity contribution >= 4 is 39.1 Å². The summed E-state index contributed by atoms with van der Waals surface area (Å²) in [6, 6.07) is 24.3. The van der Waals surface area contributed by atoms with Crippen molar-refractivity contribution in [3.05, 3.63) is 101 Å². The van der Waals surface area contributed by atoms with Crippen molar-refractivity contribution in [2.24, 2.45) is 0 Å². The van der Waals surface area contributed by atoms with Gasteiger partial charge in [-0.1, -0.05) is 85.3 Å². The van der Waals surface area contributed by atoms with Crippen molar-refractivity contribution in [2.75, 3.05) is 23.7 Å². The minimum Gasteiger partial charge on any atom is -0.354 e. The molecule has 1 N–H and O–H groups in total. The van der Waals surface area contributed by atoms with Gasteiger partial charge in [-0.05, 0) is 35.7 Å². The molecule has 0 saturated carbocycles. The molecule has 0 aliphatic rings. The van der Waals surface area contributed by atoms with E-state index >= 15 is 0 Å². The van der Waals surface area contributed by atoms with Crippen molar-refractivity contribution in [1.82, 2.24) is 10.2 Å². The summed E-state index contributed by atoms with van der Waals surface area (Å²) in [7, 11) is -3.83. The maximum atomic E-state index is 13.9. The van der Waals surface area contributed by atoms with Crippen LogP contribution in [0.2, 0.25) is 5.02 Å². The quantitative estimate of drug-likeness (QED) is 0.371. The van der Waals surface area contributed by atoms with Crippen LogP contribution >= 0.6 is 11.6 Å². The van der Waals surface area contributed by atoms with Crippen LogP contribution in [0.25, 0.3) is 0 Å². The van der Waals surface area contributed by atoms with Gasteiger partial charge in [-0.25, -0.2) is 8.42 Å². The lowest BCUT2D eigenvalue weighted by molar-refractivity contribution is -0.140. The highest BCUT2D eigenvalue weighted by Gasteiger charge is 2.32. The molecule has 0 radical (unpaired) electrons. The largest absolute Gasteiger partial charge is 0.354 e. The third-order valence-electron chi connectivity index (χ3n) is 5.79.